The number of benzene rings is 1. The minimum atomic E-state index is -3.36. The minimum Gasteiger partial charge on any atom is -0.385 e. The van der Waals surface area contributed by atoms with Crippen LogP contribution in [0.25, 0.3) is 0 Å². The average molecular weight is 310 g/mol. The van der Waals surface area contributed by atoms with E-state index in [-0.39, 0.29) is 0 Å². The molecule has 1 fully saturated rings. The largest absolute Gasteiger partial charge is 0.385 e. The van der Waals surface area contributed by atoms with E-state index in [1.165, 1.54) is 23.6 Å². The topological polar surface area (TPSA) is 49.4 Å². The van der Waals surface area contributed by atoms with Gasteiger partial charge in [-0.2, -0.15) is 0 Å². The smallest absolute Gasteiger partial charge is 0.242 e. The molecule has 4 nitrogen and oxygen atoms in total. The lowest BCUT2D eigenvalue weighted by molar-refractivity contribution is 0.300. The number of hydrogen-bond acceptors (Lipinski definition) is 3. The number of nitrogens with one attached hydrogen (secondary N) is 1. The fraction of sp³-hybridized carbons (Fsp3) is 0.625. The molecule has 1 aromatic rings. The van der Waals surface area contributed by atoms with Gasteiger partial charge in [-0.05, 0) is 49.9 Å². The van der Waals surface area contributed by atoms with Crippen molar-refractivity contribution in [1.82, 2.24) is 4.31 Å². The molecule has 0 spiro atoms. The van der Waals surface area contributed by atoms with Crippen molar-refractivity contribution in [2.45, 2.75) is 43.9 Å². The van der Waals surface area contributed by atoms with E-state index < -0.39 is 10.0 Å². The predicted octanol–water partition coefficient (Wildman–Crippen LogP) is 3.32. The maximum absolute atomic E-state index is 12.6. The Morgan fingerprint density at radius 3 is 2.33 bits per heavy atom. The van der Waals surface area contributed by atoms with E-state index in [1.807, 2.05) is 19.1 Å². The van der Waals surface area contributed by atoms with Crippen LogP contribution >= 0.6 is 0 Å². The standard InChI is InChI=1S/C16H26N2O2S/c1-3-17-15-9-11-16(12-10-15)21(19,20)18(2)13-14-7-5-4-6-8-14/h9-12,14,17H,3-8,13H2,1-2H3. The van der Waals surface area contributed by atoms with E-state index in [0.717, 1.165) is 25.1 Å². The molecule has 118 valence electrons. The van der Waals surface area contributed by atoms with Gasteiger partial charge in [0.15, 0.2) is 0 Å². The van der Waals surface area contributed by atoms with E-state index >= 15 is 0 Å². The Hall–Kier alpha value is -1.07. The van der Waals surface area contributed by atoms with Gasteiger partial charge in [0.25, 0.3) is 0 Å². The Kier molecular flexibility index (Phi) is 5.65. The highest BCUT2D eigenvalue weighted by molar-refractivity contribution is 7.89. The van der Waals surface area contributed by atoms with Gasteiger partial charge >= 0.3 is 0 Å². The zero-order chi connectivity index (χ0) is 15.3. The van der Waals surface area contributed by atoms with Crippen LogP contribution in [0, 0.1) is 5.92 Å². The van der Waals surface area contributed by atoms with Crippen LogP contribution in [0.3, 0.4) is 0 Å². The molecule has 5 heteroatoms. The number of nitrogens with zero attached hydrogens (tertiary/aromatic N) is 1. The lowest BCUT2D eigenvalue weighted by atomic mass is 9.89. The van der Waals surface area contributed by atoms with Gasteiger partial charge in [-0.25, -0.2) is 12.7 Å². The van der Waals surface area contributed by atoms with Crippen molar-refractivity contribution in [2.24, 2.45) is 5.92 Å². The molecule has 0 unspecified atom stereocenters. The zero-order valence-corrected chi connectivity index (χ0v) is 13.8. The first-order valence-electron chi connectivity index (χ1n) is 7.84. The highest BCUT2D eigenvalue weighted by Gasteiger charge is 2.24. The summed E-state index contributed by atoms with van der Waals surface area (Å²) in [5.74, 6) is 0.513. The van der Waals surface area contributed by atoms with E-state index in [1.54, 1.807) is 19.2 Å². The first kappa shape index (κ1) is 16.3. The van der Waals surface area contributed by atoms with Gasteiger partial charge < -0.3 is 5.32 Å². The summed E-state index contributed by atoms with van der Waals surface area (Å²) in [7, 11) is -1.67. The van der Waals surface area contributed by atoms with E-state index in [4.69, 9.17) is 0 Å². The molecule has 0 saturated heterocycles. The lowest BCUT2D eigenvalue weighted by Gasteiger charge is -2.26. The van der Waals surface area contributed by atoms with Crippen LogP contribution in [0.15, 0.2) is 29.2 Å². The van der Waals surface area contributed by atoms with Crippen LogP contribution in [-0.2, 0) is 10.0 Å². The molecule has 21 heavy (non-hydrogen) atoms. The summed E-state index contributed by atoms with van der Waals surface area (Å²) in [5, 5.41) is 3.17. The third-order valence-corrected chi connectivity index (χ3v) is 6.02. The van der Waals surface area contributed by atoms with Gasteiger partial charge in [0.05, 0.1) is 4.90 Å². The Morgan fingerprint density at radius 1 is 1.14 bits per heavy atom. The fourth-order valence-electron chi connectivity index (χ4n) is 2.96. The molecule has 1 N–H and O–H groups in total. The molecule has 1 aliphatic rings. The number of sulfonamides is 1. The van der Waals surface area contributed by atoms with Crippen molar-refractivity contribution < 1.29 is 8.42 Å². The van der Waals surface area contributed by atoms with E-state index in [2.05, 4.69) is 5.32 Å². The number of hydrogen-bond donors (Lipinski definition) is 1. The van der Waals surface area contributed by atoms with Gasteiger partial charge in [0.1, 0.15) is 0 Å². The summed E-state index contributed by atoms with van der Waals surface area (Å²) in [6, 6.07) is 7.02. The molecule has 2 rings (SSSR count). The average Bonchev–Trinajstić information content (AvgIpc) is 2.49. The summed E-state index contributed by atoms with van der Waals surface area (Å²) in [6.45, 7) is 3.48. The predicted molar refractivity (Wildman–Crippen MR) is 87.0 cm³/mol. The second kappa shape index (κ2) is 7.27. The van der Waals surface area contributed by atoms with Crippen molar-refractivity contribution >= 4 is 15.7 Å². The molecule has 1 aromatic carbocycles. The van der Waals surface area contributed by atoms with Crippen LogP contribution in [0.5, 0.6) is 0 Å². The summed E-state index contributed by atoms with van der Waals surface area (Å²) >= 11 is 0. The summed E-state index contributed by atoms with van der Waals surface area (Å²) < 4.78 is 26.7. The highest BCUT2D eigenvalue weighted by atomic mass is 32.2. The molecule has 1 aliphatic carbocycles. The number of anilines is 1. The monoisotopic (exact) mass is 310 g/mol. The second-order valence-corrected chi connectivity index (χ2v) is 7.89. The van der Waals surface area contributed by atoms with Gasteiger partial charge in [0.2, 0.25) is 10.0 Å². The molecule has 0 amide bonds. The van der Waals surface area contributed by atoms with Crippen molar-refractivity contribution in [1.29, 1.82) is 0 Å². The van der Waals surface area contributed by atoms with Crippen LogP contribution in [-0.4, -0.2) is 32.9 Å². The maximum atomic E-state index is 12.6. The molecular weight excluding hydrogens is 284 g/mol. The van der Waals surface area contributed by atoms with Crippen molar-refractivity contribution in [2.75, 3.05) is 25.5 Å². The normalized spacial score (nSPS) is 17.1. The number of rotatable bonds is 6. The Labute approximate surface area is 128 Å². The van der Waals surface area contributed by atoms with E-state index in [0.29, 0.717) is 17.4 Å². The van der Waals surface area contributed by atoms with Crippen LogP contribution in [0.2, 0.25) is 0 Å². The summed E-state index contributed by atoms with van der Waals surface area (Å²) in [5.41, 5.74) is 0.950. The molecule has 0 atom stereocenters. The Morgan fingerprint density at radius 2 is 1.76 bits per heavy atom. The molecule has 0 aliphatic heterocycles. The second-order valence-electron chi connectivity index (χ2n) is 5.84. The zero-order valence-electron chi connectivity index (χ0n) is 13.0. The maximum Gasteiger partial charge on any atom is 0.242 e. The molecule has 0 radical (unpaired) electrons. The van der Waals surface area contributed by atoms with Crippen LogP contribution in [0.4, 0.5) is 5.69 Å². The minimum absolute atomic E-state index is 0.377. The van der Waals surface area contributed by atoms with Gasteiger partial charge in [-0.3, -0.25) is 0 Å². The summed E-state index contributed by atoms with van der Waals surface area (Å²) in [6.07, 6.45) is 6.06. The first-order valence-corrected chi connectivity index (χ1v) is 9.28. The van der Waals surface area contributed by atoms with Gasteiger partial charge in [-0.15, -0.1) is 0 Å². The van der Waals surface area contributed by atoms with Crippen LogP contribution < -0.4 is 5.32 Å². The SMILES string of the molecule is CCNc1ccc(S(=O)(=O)N(C)CC2CCCCC2)cc1. The molecular formula is C16H26N2O2S. The molecule has 1 saturated carbocycles. The van der Waals surface area contributed by atoms with Gasteiger partial charge in [0, 0.05) is 25.8 Å². The van der Waals surface area contributed by atoms with Crippen molar-refractivity contribution in [3.63, 3.8) is 0 Å². The third-order valence-electron chi connectivity index (χ3n) is 4.18. The molecule has 0 heterocycles. The van der Waals surface area contributed by atoms with Crippen molar-refractivity contribution in [3.05, 3.63) is 24.3 Å². The molecule has 0 bridgehead atoms. The molecule has 0 aromatic heterocycles. The lowest BCUT2D eigenvalue weighted by Crippen LogP contribution is -2.32. The summed E-state index contributed by atoms with van der Waals surface area (Å²) in [4.78, 5) is 0.377. The third kappa shape index (κ3) is 4.20. The van der Waals surface area contributed by atoms with Crippen LogP contribution in [0.1, 0.15) is 39.0 Å². The van der Waals surface area contributed by atoms with E-state index in [9.17, 15) is 8.42 Å². The highest BCUT2D eigenvalue weighted by Crippen LogP contribution is 2.26. The van der Waals surface area contributed by atoms with Crippen molar-refractivity contribution in [3.8, 4) is 0 Å². The first-order chi connectivity index (χ1) is 10.0. The quantitative estimate of drug-likeness (QED) is 0.877. The Balaban J connectivity index is 2.05. The van der Waals surface area contributed by atoms with Gasteiger partial charge in [-0.1, -0.05) is 19.3 Å². The Bertz CT molecular complexity index is 534. The fourth-order valence-corrected chi connectivity index (χ4v) is 4.21.